The van der Waals surface area contributed by atoms with Crippen molar-refractivity contribution in [2.24, 2.45) is 17.8 Å². The fraction of sp³-hybridized carbons (Fsp3) is 0.588. The summed E-state index contributed by atoms with van der Waals surface area (Å²) in [5, 5.41) is 0. The van der Waals surface area contributed by atoms with E-state index < -0.39 is 0 Å². The Kier molecular flexibility index (Phi) is 5.57. The number of ether oxygens (including phenoxy) is 1. The SMILES string of the molecule is C[C@H](CF)[C@H]1CC[C@H](C(=O)OCc2ccccc2)CC1. The molecule has 0 amide bonds. The zero-order valence-corrected chi connectivity index (χ0v) is 12.1. The number of alkyl halides is 1. The average Bonchev–Trinajstić information content (AvgIpc) is 2.53. The highest BCUT2D eigenvalue weighted by Crippen LogP contribution is 2.34. The molecule has 1 aromatic rings. The molecule has 110 valence electrons. The first-order chi connectivity index (χ1) is 9.70. The molecule has 1 aliphatic carbocycles. The van der Waals surface area contributed by atoms with Gasteiger partial charge >= 0.3 is 5.97 Å². The molecule has 0 unspecified atom stereocenters. The first kappa shape index (κ1) is 15.0. The molecule has 1 aromatic carbocycles. The van der Waals surface area contributed by atoms with Crippen LogP contribution >= 0.6 is 0 Å². The summed E-state index contributed by atoms with van der Waals surface area (Å²) < 4.78 is 18.0. The molecule has 20 heavy (non-hydrogen) atoms. The van der Waals surface area contributed by atoms with E-state index in [2.05, 4.69) is 0 Å². The predicted octanol–water partition coefficient (Wildman–Crippen LogP) is 4.14. The summed E-state index contributed by atoms with van der Waals surface area (Å²) in [6.45, 7) is 2.05. The zero-order valence-electron chi connectivity index (χ0n) is 12.1. The Balaban J connectivity index is 1.75. The van der Waals surface area contributed by atoms with Gasteiger partial charge < -0.3 is 4.74 Å². The third-order valence-electron chi connectivity index (χ3n) is 4.38. The lowest BCUT2D eigenvalue weighted by Crippen LogP contribution is -2.26. The summed E-state index contributed by atoms with van der Waals surface area (Å²) in [6, 6.07) is 9.72. The maximum Gasteiger partial charge on any atom is 0.309 e. The van der Waals surface area contributed by atoms with E-state index >= 15 is 0 Å². The Labute approximate surface area is 120 Å². The molecule has 2 rings (SSSR count). The van der Waals surface area contributed by atoms with Crippen molar-refractivity contribution in [3.63, 3.8) is 0 Å². The number of carbonyl (C=O) groups is 1. The molecular formula is C17H23FO2. The second-order valence-corrected chi connectivity index (χ2v) is 5.84. The van der Waals surface area contributed by atoms with Gasteiger partial charge in [-0.2, -0.15) is 0 Å². The normalized spacial score (nSPS) is 24.1. The molecule has 0 aliphatic heterocycles. The molecule has 2 nitrogen and oxygen atoms in total. The van der Waals surface area contributed by atoms with Crippen LogP contribution in [0.4, 0.5) is 4.39 Å². The molecule has 3 heteroatoms. The van der Waals surface area contributed by atoms with Crippen LogP contribution in [0.1, 0.15) is 38.2 Å². The lowest BCUT2D eigenvalue weighted by molar-refractivity contribution is -0.151. The van der Waals surface area contributed by atoms with E-state index in [1.165, 1.54) is 0 Å². The van der Waals surface area contributed by atoms with Gasteiger partial charge in [-0.25, -0.2) is 0 Å². The summed E-state index contributed by atoms with van der Waals surface area (Å²) in [5.41, 5.74) is 1.01. The standard InChI is InChI=1S/C17H23FO2/c1-13(11-18)15-7-9-16(10-8-15)17(19)20-12-14-5-3-2-4-6-14/h2-6,13,15-16H,7-12H2,1H3/t13-,15-,16-/m1/s1. The van der Waals surface area contributed by atoms with Crippen LogP contribution in [0.25, 0.3) is 0 Å². The number of carbonyl (C=O) groups excluding carboxylic acids is 1. The van der Waals surface area contributed by atoms with Gasteiger partial charge in [-0.3, -0.25) is 9.18 Å². The van der Waals surface area contributed by atoms with Crippen molar-refractivity contribution in [3.05, 3.63) is 35.9 Å². The second kappa shape index (κ2) is 7.41. The van der Waals surface area contributed by atoms with Gasteiger partial charge in [0.1, 0.15) is 6.61 Å². The van der Waals surface area contributed by atoms with E-state index in [-0.39, 0.29) is 24.5 Å². The van der Waals surface area contributed by atoms with Gasteiger partial charge in [0, 0.05) is 0 Å². The van der Waals surface area contributed by atoms with Gasteiger partial charge in [-0.05, 0) is 43.1 Å². The van der Waals surface area contributed by atoms with Crippen LogP contribution in [0, 0.1) is 17.8 Å². The van der Waals surface area contributed by atoms with Crippen molar-refractivity contribution in [1.29, 1.82) is 0 Å². The van der Waals surface area contributed by atoms with Crippen molar-refractivity contribution in [2.45, 2.75) is 39.2 Å². The Morgan fingerprint density at radius 1 is 1.25 bits per heavy atom. The highest BCUT2D eigenvalue weighted by Gasteiger charge is 2.29. The first-order valence-corrected chi connectivity index (χ1v) is 7.47. The summed E-state index contributed by atoms with van der Waals surface area (Å²) >= 11 is 0. The van der Waals surface area contributed by atoms with Crippen molar-refractivity contribution in [3.8, 4) is 0 Å². The topological polar surface area (TPSA) is 26.3 Å². The zero-order chi connectivity index (χ0) is 14.4. The number of benzene rings is 1. The second-order valence-electron chi connectivity index (χ2n) is 5.84. The summed E-state index contributed by atoms with van der Waals surface area (Å²) in [5.74, 6) is 0.455. The Bertz CT molecular complexity index is 410. The van der Waals surface area contributed by atoms with Gasteiger partial charge in [0.2, 0.25) is 0 Å². The van der Waals surface area contributed by atoms with Crippen LogP contribution in [0.2, 0.25) is 0 Å². The largest absolute Gasteiger partial charge is 0.461 e. The van der Waals surface area contributed by atoms with Crippen LogP contribution in [0.15, 0.2) is 30.3 Å². The van der Waals surface area contributed by atoms with Gasteiger partial charge in [-0.1, -0.05) is 37.3 Å². The third-order valence-corrected chi connectivity index (χ3v) is 4.38. The fourth-order valence-corrected chi connectivity index (χ4v) is 2.90. The van der Waals surface area contributed by atoms with Crippen molar-refractivity contribution < 1.29 is 13.9 Å². The molecule has 0 aromatic heterocycles. The molecule has 0 bridgehead atoms. The highest BCUT2D eigenvalue weighted by molar-refractivity contribution is 5.72. The Hall–Kier alpha value is -1.38. The van der Waals surface area contributed by atoms with Crippen LogP contribution in [0.3, 0.4) is 0 Å². The smallest absolute Gasteiger partial charge is 0.309 e. The summed E-state index contributed by atoms with van der Waals surface area (Å²) in [4.78, 5) is 12.0. The van der Waals surface area contributed by atoms with Gasteiger partial charge in [0.05, 0.1) is 12.6 Å². The molecule has 1 saturated carbocycles. The number of hydrogen-bond donors (Lipinski definition) is 0. The van der Waals surface area contributed by atoms with E-state index in [0.717, 1.165) is 31.2 Å². The first-order valence-electron chi connectivity index (χ1n) is 7.47. The lowest BCUT2D eigenvalue weighted by Gasteiger charge is -2.30. The summed E-state index contributed by atoms with van der Waals surface area (Å²) in [7, 11) is 0. The molecule has 1 fully saturated rings. The number of hydrogen-bond acceptors (Lipinski definition) is 2. The molecular weight excluding hydrogens is 255 g/mol. The van der Waals surface area contributed by atoms with Crippen LogP contribution in [0.5, 0.6) is 0 Å². The van der Waals surface area contributed by atoms with E-state index in [9.17, 15) is 9.18 Å². The molecule has 0 spiro atoms. The van der Waals surface area contributed by atoms with Gasteiger partial charge in [-0.15, -0.1) is 0 Å². The van der Waals surface area contributed by atoms with Crippen LogP contribution in [-0.2, 0) is 16.1 Å². The van der Waals surface area contributed by atoms with E-state index in [1.54, 1.807) is 0 Å². The minimum absolute atomic E-state index is 0.00164. The van der Waals surface area contributed by atoms with Crippen LogP contribution in [-0.4, -0.2) is 12.6 Å². The molecule has 0 saturated heterocycles. The molecule has 0 N–H and O–H groups in total. The molecule has 1 atom stereocenters. The average molecular weight is 278 g/mol. The quantitative estimate of drug-likeness (QED) is 0.757. The van der Waals surface area contributed by atoms with E-state index in [0.29, 0.717) is 12.5 Å². The number of rotatable bonds is 5. The monoisotopic (exact) mass is 278 g/mol. The molecule has 0 radical (unpaired) electrons. The van der Waals surface area contributed by atoms with Crippen molar-refractivity contribution >= 4 is 5.97 Å². The van der Waals surface area contributed by atoms with E-state index in [1.807, 2.05) is 37.3 Å². The lowest BCUT2D eigenvalue weighted by atomic mass is 9.77. The Morgan fingerprint density at radius 2 is 1.90 bits per heavy atom. The molecule has 1 aliphatic rings. The minimum atomic E-state index is -0.256. The molecule has 0 heterocycles. The maximum atomic E-state index is 12.6. The number of esters is 1. The number of halogens is 1. The Morgan fingerprint density at radius 3 is 2.50 bits per heavy atom. The van der Waals surface area contributed by atoms with Crippen LogP contribution < -0.4 is 0 Å². The minimum Gasteiger partial charge on any atom is -0.461 e. The van der Waals surface area contributed by atoms with E-state index in [4.69, 9.17) is 4.74 Å². The van der Waals surface area contributed by atoms with Gasteiger partial charge in [0.25, 0.3) is 0 Å². The third kappa shape index (κ3) is 4.06. The fourth-order valence-electron chi connectivity index (χ4n) is 2.90. The highest BCUT2D eigenvalue weighted by atomic mass is 19.1. The predicted molar refractivity (Wildman–Crippen MR) is 76.8 cm³/mol. The van der Waals surface area contributed by atoms with Crippen molar-refractivity contribution in [1.82, 2.24) is 0 Å². The van der Waals surface area contributed by atoms with Crippen molar-refractivity contribution in [2.75, 3.05) is 6.67 Å². The summed E-state index contributed by atoms with van der Waals surface area (Å²) in [6.07, 6.45) is 3.55. The maximum absolute atomic E-state index is 12.6. The van der Waals surface area contributed by atoms with Gasteiger partial charge in [0.15, 0.2) is 0 Å².